The fraction of sp³-hybridized carbons (Fsp3) is 0.0508. The molecule has 0 bridgehead atoms. The topological polar surface area (TPSA) is 52.1 Å². The number of aromatic nitrogens is 2. The fourth-order valence-electron chi connectivity index (χ4n) is 10.2. The van der Waals surface area contributed by atoms with Gasteiger partial charge in [-0.15, -0.1) is 0 Å². The zero-order valence-corrected chi connectivity index (χ0v) is 34.7. The molecule has 4 heteroatoms. The van der Waals surface area contributed by atoms with E-state index in [1.165, 1.54) is 27.8 Å². The summed E-state index contributed by atoms with van der Waals surface area (Å²) in [4.78, 5) is 10.7. The fourth-order valence-corrected chi connectivity index (χ4v) is 10.2. The van der Waals surface area contributed by atoms with Crippen molar-refractivity contribution in [3.05, 3.63) is 205 Å². The lowest BCUT2D eigenvalue weighted by Gasteiger charge is -2.21. The van der Waals surface area contributed by atoms with E-state index in [9.17, 15) is 0 Å². The highest BCUT2D eigenvalue weighted by molar-refractivity contribution is 6.11. The molecule has 1 aliphatic rings. The molecular weight excluding hydrogens is 769 g/mol. The van der Waals surface area contributed by atoms with E-state index in [2.05, 4.69) is 184 Å². The summed E-state index contributed by atoms with van der Waals surface area (Å²) >= 11 is 0. The van der Waals surface area contributed by atoms with Crippen molar-refractivity contribution in [3.8, 4) is 67.2 Å². The Balaban J connectivity index is 0.957. The van der Waals surface area contributed by atoms with Crippen LogP contribution in [-0.4, -0.2) is 9.97 Å². The first-order valence-electron chi connectivity index (χ1n) is 21.6. The number of fused-ring (bicyclic) bond motifs is 10. The van der Waals surface area contributed by atoms with Crippen LogP contribution in [0.2, 0.25) is 0 Å². The summed E-state index contributed by atoms with van der Waals surface area (Å²) in [6, 6.07) is 68.8. The maximum Gasteiger partial charge on any atom is 0.160 e. The van der Waals surface area contributed by atoms with E-state index in [1.54, 1.807) is 0 Å². The van der Waals surface area contributed by atoms with E-state index < -0.39 is 0 Å². The molecule has 9 aromatic carbocycles. The van der Waals surface area contributed by atoms with Crippen LogP contribution in [0.4, 0.5) is 0 Å². The van der Waals surface area contributed by atoms with Crippen LogP contribution in [0.5, 0.6) is 0 Å². The molecule has 0 aliphatic heterocycles. The monoisotopic (exact) mass is 806 g/mol. The number of para-hydroxylation sites is 4. The van der Waals surface area contributed by atoms with Gasteiger partial charge in [0.2, 0.25) is 0 Å². The highest BCUT2D eigenvalue weighted by Crippen LogP contribution is 2.52. The third kappa shape index (κ3) is 5.41. The van der Waals surface area contributed by atoms with Crippen LogP contribution >= 0.6 is 0 Å². The van der Waals surface area contributed by atoms with Gasteiger partial charge in [0.05, 0.1) is 11.2 Å². The molecule has 296 valence electrons. The average Bonchev–Trinajstić information content (AvgIpc) is 3.99. The van der Waals surface area contributed by atoms with Gasteiger partial charge in [-0.3, -0.25) is 0 Å². The van der Waals surface area contributed by atoms with Gasteiger partial charge in [0.15, 0.2) is 5.82 Å². The molecule has 3 aromatic heterocycles. The molecule has 0 spiro atoms. The van der Waals surface area contributed by atoms with E-state index >= 15 is 0 Å². The Hall–Kier alpha value is -8.08. The Labute approximate surface area is 363 Å². The van der Waals surface area contributed by atoms with Crippen LogP contribution in [0.3, 0.4) is 0 Å². The minimum Gasteiger partial charge on any atom is -0.455 e. The first-order chi connectivity index (χ1) is 31.0. The zero-order chi connectivity index (χ0) is 41.8. The second-order valence-electron chi connectivity index (χ2n) is 17.2. The summed E-state index contributed by atoms with van der Waals surface area (Å²) in [5.41, 5.74) is 19.1. The first kappa shape index (κ1) is 35.7. The Kier molecular flexibility index (Phi) is 7.62. The van der Waals surface area contributed by atoms with E-state index in [-0.39, 0.29) is 5.41 Å². The number of nitrogens with zero attached hydrogens (tertiary/aromatic N) is 2. The van der Waals surface area contributed by atoms with Gasteiger partial charge in [-0.2, -0.15) is 0 Å². The first-order valence-corrected chi connectivity index (χ1v) is 21.6. The second kappa shape index (κ2) is 13.5. The van der Waals surface area contributed by atoms with Crippen molar-refractivity contribution < 1.29 is 8.83 Å². The lowest BCUT2D eigenvalue weighted by molar-refractivity contribution is 0.660. The van der Waals surface area contributed by atoms with Crippen LogP contribution in [-0.2, 0) is 5.41 Å². The number of rotatable bonds is 5. The van der Waals surface area contributed by atoms with Crippen molar-refractivity contribution in [2.75, 3.05) is 0 Å². The van der Waals surface area contributed by atoms with Gasteiger partial charge in [-0.05, 0) is 68.8 Å². The Morgan fingerprint density at radius 3 is 1.52 bits per heavy atom. The molecule has 13 rings (SSSR count). The predicted octanol–water partition coefficient (Wildman–Crippen LogP) is 16.1. The molecule has 0 saturated heterocycles. The summed E-state index contributed by atoms with van der Waals surface area (Å²) in [5, 5.41) is 5.47. The van der Waals surface area contributed by atoms with Crippen LogP contribution in [0.15, 0.2) is 203 Å². The van der Waals surface area contributed by atoms with Crippen molar-refractivity contribution in [1.82, 2.24) is 9.97 Å². The molecule has 0 atom stereocenters. The molecule has 0 N–H and O–H groups in total. The molecule has 0 fully saturated rings. The maximum atomic E-state index is 6.44. The maximum absolute atomic E-state index is 6.44. The molecule has 0 saturated carbocycles. The lowest BCUT2D eigenvalue weighted by atomic mass is 9.82. The van der Waals surface area contributed by atoms with Gasteiger partial charge in [0, 0.05) is 54.6 Å². The van der Waals surface area contributed by atoms with Gasteiger partial charge >= 0.3 is 0 Å². The number of furan rings is 2. The number of hydrogen-bond acceptors (Lipinski definition) is 4. The van der Waals surface area contributed by atoms with Crippen molar-refractivity contribution >= 4 is 54.8 Å². The van der Waals surface area contributed by atoms with Gasteiger partial charge in [-0.25, -0.2) is 9.97 Å². The highest BCUT2D eigenvalue weighted by atomic mass is 16.3. The molecule has 12 aromatic rings. The summed E-state index contributed by atoms with van der Waals surface area (Å²) in [6.45, 7) is 4.67. The SMILES string of the molecule is CC1(C)c2ccccc2-c2c(-c3ccc4nc(-c5ccc(-c6cccc7c6oc6ccccc67)cc5)nc(-c5ccc(-c6cccc7c6oc6ccccc67)cc5)c4c3)cccc21. The molecule has 3 heterocycles. The van der Waals surface area contributed by atoms with Crippen molar-refractivity contribution in [3.63, 3.8) is 0 Å². The van der Waals surface area contributed by atoms with E-state index in [0.29, 0.717) is 5.82 Å². The number of benzene rings is 9. The largest absolute Gasteiger partial charge is 0.455 e. The average molecular weight is 807 g/mol. The van der Waals surface area contributed by atoms with E-state index in [4.69, 9.17) is 18.8 Å². The molecular formula is C59H38N2O2. The molecule has 4 nitrogen and oxygen atoms in total. The molecule has 0 unspecified atom stereocenters. The molecule has 0 radical (unpaired) electrons. The summed E-state index contributed by atoms with van der Waals surface area (Å²) in [6.07, 6.45) is 0. The normalized spacial score (nSPS) is 13.0. The third-order valence-corrected chi connectivity index (χ3v) is 13.3. The highest BCUT2D eigenvalue weighted by Gasteiger charge is 2.36. The van der Waals surface area contributed by atoms with E-state index in [1.807, 2.05) is 24.3 Å². The van der Waals surface area contributed by atoms with Crippen LogP contribution in [0.25, 0.3) is 122 Å². The van der Waals surface area contributed by atoms with Crippen LogP contribution in [0.1, 0.15) is 25.0 Å². The van der Waals surface area contributed by atoms with Crippen molar-refractivity contribution in [1.29, 1.82) is 0 Å². The molecule has 1 aliphatic carbocycles. The van der Waals surface area contributed by atoms with Crippen molar-refractivity contribution in [2.24, 2.45) is 0 Å². The van der Waals surface area contributed by atoms with Gasteiger partial charge in [0.1, 0.15) is 22.3 Å². The molecule has 0 amide bonds. The van der Waals surface area contributed by atoms with Crippen molar-refractivity contribution in [2.45, 2.75) is 19.3 Å². The van der Waals surface area contributed by atoms with Gasteiger partial charge < -0.3 is 8.83 Å². The summed E-state index contributed by atoms with van der Waals surface area (Å²) in [7, 11) is 0. The van der Waals surface area contributed by atoms with Gasteiger partial charge in [0.25, 0.3) is 0 Å². The second-order valence-corrected chi connectivity index (χ2v) is 17.2. The quantitative estimate of drug-likeness (QED) is 0.174. The standard InChI is InChI=1S/C59H38N2O2/c1-59(2)49-20-6-3-14-47(49)54-40(15-11-21-50(54)59)39-32-33-51-48(34-39)55(37-28-24-35(25-29-37)41-16-9-18-45-43-12-4-7-22-52(43)62-56(41)45)61-58(60-51)38-30-26-36(27-31-38)42-17-10-19-46-44-13-5-8-23-53(44)63-57(42)46/h3-34H,1-2H3. The Morgan fingerprint density at radius 1 is 0.365 bits per heavy atom. The Morgan fingerprint density at radius 2 is 0.857 bits per heavy atom. The Bertz CT molecular complexity index is 3810. The minimum absolute atomic E-state index is 0.0927. The molecule has 63 heavy (non-hydrogen) atoms. The van der Waals surface area contributed by atoms with E-state index in [0.717, 1.165) is 99.4 Å². The number of hydrogen-bond donors (Lipinski definition) is 0. The van der Waals surface area contributed by atoms with Gasteiger partial charge in [-0.1, -0.05) is 184 Å². The third-order valence-electron chi connectivity index (χ3n) is 13.3. The minimum atomic E-state index is -0.0927. The smallest absolute Gasteiger partial charge is 0.160 e. The van der Waals surface area contributed by atoms with Crippen LogP contribution < -0.4 is 0 Å². The zero-order valence-electron chi connectivity index (χ0n) is 34.7. The van der Waals surface area contributed by atoms with Crippen LogP contribution in [0, 0.1) is 0 Å². The summed E-state index contributed by atoms with van der Waals surface area (Å²) in [5.74, 6) is 0.672. The summed E-state index contributed by atoms with van der Waals surface area (Å²) < 4.78 is 12.8. The lowest BCUT2D eigenvalue weighted by Crippen LogP contribution is -2.14. The predicted molar refractivity (Wildman–Crippen MR) is 259 cm³/mol.